The van der Waals surface area contributed by atoms with Crippen molar-refractivity contribution >= 4 is 33.2 Å². The molecule has 0 bridgehead atoms. The van der Waals surface area contributed by atoms with Crippen LogP contribution < -0.4 is 0 Å². The summed E-state index contributed by atoms with van der Waals surface area (Å²) >= 11 is 9.36. The number of nitrogens with zero attached hydrogens (tertiary/aromatic N) is 2. The largest absolute Gasteiger partial charge is 0.411 e. The Bertz CT molecular complexity index is 976. The number of halogens is 3. The van der Waals surface area contributed by atoms with Gasteiger partial charge in [-0.05, 0) is 41.8 Å². The average Bonchev–Trinajstić information content (AvgIpc) is 2.67. The molecular formula is C21H17BrClFN2O. The molecule has 3 aromatic rings. The van der Waals surface area contributed by atoms with Crippen LogP contribution in [0.1, 0.15) is 34.6 Å². The van der Waals surface area contributed by atoms with E-state index < -0.39 is 5.82 Å². The summed E-state index contributed by atoms with van der Waals surface area (Å²) in [6.45, 7) is 2.03. The van der Waals surface area contributed by atoms with Crippen LogP contribution in [0.5, 0.6) is 0 Å². The third kappa shape index (κ3) is 4.54. The number of aromatic nitrogens is 1. The first-order chi connectivity index (χ1) is 13.0. The number of aryl methyl sites for hydroxylation is 1. The van der Waals surface area contributed by atoms with E-state index in [4.69, 9.17) is 11.6 Å². The van der Waals surface area contributed by atoms with Crippen molar-refractivity contribution in [2.75, 3.05) is 0 Å². The fourth-order valence-electron chi connectivity index (χ4n) is 3.11. The smallest absolute Gasteiger partial charge is 0.150 e. The Morgan fingerprint density at radius 2 is 1.93 bits per heavy atom. The van der Waals surface area contributed by atoms with E-state index in [9.17, 15) is 9.60 Å². The monoisotopic (exact) mass is 446 g/mol. The number of oxime groups is 1. The lowest BCUT2D eigenvalue weighted by Gasteiger charge is -2.21. The second kappa shape index (κ2) is 8.63. The maximum atomic E-state index is 14.3. The van der Waals surface area contributed by atoms with Gasteiger partial charge in [0.25, 0.3) is 0 Å². The van der Waals surface area contributed by atoms with Gasteiger partial charge in [-0.15, -0.1) is 0 Å². The number of benzene rings is 2. The van der Waals surface area contributed by atoms with E-state index >= 15 is 0 Å². The molecule has 1 N–H and O–H groups in total. The summed E-state index contributed by atoms with van der Waals surface area (Å²) in [6, 6.07) is 17.3. The molecule has 1 aromatic heterocycles. The van der Waals surface area contributed by atoms with Crippen molar-refractivity contribution in [1.29, 1.82) is 0 Å². The van der Waals surface area contributed by atoms with E-state index in [0.717, 1.165) is 27.4 Å². The maximum Gasteiger partial charge on any atom is 0.150 e. The van der Waals surface area contributed by atoms with Gasteiger partial charge in [-0.1, -0.05) is 69.1 Å². The van der Waals surface area contributed by atoms with Gasteiger partial charge in [0, 0.05) is 22.4 Å². The van der Waals surface area contributed by atoms with Gasteiger partial charge in [0.05, 0.1) is 11.9 Å². The van der Waals surface area contributed by atoms with Crippen LogP contribution in [0.15, 0.2) is 70.4 Å². The Morgan fingerprint density at radius 1 is 1.22 bits per heavy atom. The Kier molecular flexibility index (Phi) is 6.24. The lowest BCUT2D eigenvalue weighted by molar-refractivity contribution is 0.317. The van der Waals surface area contributed by atoms with Gasteiger partial charge in [0.15, 0.2) is 5.82 Å². The summed E-state index contributed by atoms with van der Waals surface area (Å²) < 4.78 is 15.2. The van der Waals surface area contributed by atoms with Crippen LogP contribution in [0, 0.1) is 12.7 Å². The zero-order chi connectivity index (χ0) is 19.4. The molecule has 0 saturated heterocycles. The van der Waals surface area contributed by atoms with Gasteiger partial charge in [-0.2, -0.15) is 0 Å². The van der Waals surface area contributed by atoms with Crippen LogP contribution >= 0.6 is 27.5 Å². The molecule has 1 heterocycles. The molecule has 1 atom stereocenters. The molecule has 27 heavy (non-hydrogen) atoms. The molecule has 2 aromatic carbocycles. The highest BCUT2D eigenvalue weighted by molar-refractivity contribution is 9.10. The minimum atomic E-state index is -0.577. The molecule has 0 aliphatic heterocycles. The fourth-order valence-corrected chi connectivity index (χ4v) is 3.53. The molecule has 0 radical (unpaired) electrons. The zero-order valence-corrected chi connectivity index (χ0v) is 16.9. The van der Waals surface area contributed by atoms with Crippen molar-refractivity contribution in [2.24, 2.45) is 5.16 Å². The molecule has 3 nitrogen and oxygen atoms in total. The van der Waals surface area contributed by atoms with Crippen LogP contribution in [-0.4, -0.2) is 15.9 Å². The first-order valence-electron chi connectivity index (χ1n) is 8.33. The van der Waals surface area contributed by atoms with E-state index in [0.29, 0.717) is 6.42 Å². The molecular weight excluding hydrogens is 431 g/mol. The Labute approximate surface area is 170 Å². The number of pyridine rings is 1. The summed E-state index contributed by atoms with van der Waals surface area (Å²) in [4.78, 5) is 3.72. The Balaban J connectivity index is 2.06. The van der Waals surface area contributed by atoms with E-state index in [1.807, 2.05) is 55.5 Å². The van der Waals surface area contributed by atoms with Crippen LogP contribution in [0.2, 0.25) is 5.15 Å². The zero-order valence-electron chi connectivity index (χ0n) is 14.5. The molecule has 0 fully saturated rings. The molecule has 0 aliphatic carbocycles. The summed E-state index contributed by atoms with van der Waals surface area (Å²) in [6.07, 6.45) is 1.34. The van der Waals surface area contributed by atoms with Crippen molar-refractivity contribution in [3.8, 4) is 0 Å². The normalized spacial score (nSPS) is 12.8. The summed E-state index contributed by atoms with van der Waals surface area (Å²) in [5.41, 5.74) is 3.59. The maximum absolute atomic E-state index is 14.3. The fraction of sp³-hybridized carbons (Fsp3) is 0.143. The van der Waals surface area contributed by atoms with Crippen molar-refractivity contribution in [3.63, 3.8) is 0 Å². The van der Waals surface area contributed by atoms with Crippen LogP contribution in [-0.2, 0) is 0 Å². The molecule has 138 valence electrons. The molecule has 6 heteroatoms. The van der Waals surface area contributed by atoms with Gasteiger partial charge in [-0.3, -0.25) is 0 Å². The topological polar surface area (TPSA) is 45.5 Å². The highest BCUT2D eigenvalue weighted by Gasteiger charge is 2.22. The molecule has 0 aliphatic rings. The second-order valence-corrected chi connectivity index (χ2v) is 7.50. The molecule has 0 amide bonds. The summed E-state index contributed by atoms with van der Waals surface area (Å²) in [7, 11) is 0. The van der Waals surface area contributed by atoms with Crippen molar-refractivity contribution in [2.45, 2.75) is 19.3 Å². The van der Waals surface area contributed by atoms with E-state index in [1.165, 1.54) is 6.07 Å². The summed E-state index contributed by atoms with van der Waals surface area (Å²) in [5.74, 6) is -0.692. The first-order valence-corrected chi connectivity index (χ1v) is 9.50. The number of hydrogen-bond donors (Lipinski definition) is 1. The molecule has 1 unspecified atom stereocenters. The minimum absolute atomic E-state index is 0.114. The van der Waals surface area contributed by atoms with Gasteiger partial charge in [0.1, 0.15) is 5.15 Å². The molecule has 0 saturated carbocycles. The highest BCUT2D eigenvalue weighted by atomic mass is 79.9. The van der Waals surface area contributed by atoms with Crippen molar-refractivity contribution in [3.05, 3.63) is 98.5 Å². The Hall–Kier alpha value is -2.24. The van der Waals surface area contributed by atoms with Crippen molar-refractivity contribution < 1.29 is 9.60 Å². The third-order valence-corrected chi connectivity index (χ3v) is 5.22. The van der Waals surface area contributed by atoms with E-state index in [2.05, 4.69) is 26.1 Å². The SMILES string of the molecule is Cc1ccccc1C(C/C(=N/O)c1cc(Cl)ncc1F)c1ccc(Br)cc1. The predicted octanol–water partition coefficient (Wildman–Crippen LogP) is 6.35. The molecule has 0 spiro atoms. The van der Waals surface area contributed by atoms with E-state index in [-0.39, 0.29) is 22.3 Å². The Morgan fingerprint density at radius 3 is 2.59 bits per heavy atom. The average molecular weight is 448 g/mol. The van der Waals surface area contributed by atoms with Gasteiger partial charge in [0.2, 0.25) is 0 Å². The van der Waals surface area contributed by atoms with Crippen LogP contribution in [0.3, 0.4) is 0 Å². The standard InChI is InChI=1S/C21H17BrClFN2O/c1-13-4-2-3-5-16(13)17(14-6-8-15(22)9-7-14)10-20(26-27)18-11-21(23)25-12-19(18)24/h2-9,11-12,17,27H,10H2,1H3/b26-20-. The van der Waals surface area contributed by atoms with Crippen molar-refractivity contribution in [1.82, 2.24) is 4.98 Å². The summed E-state index contributed by atoms with van der Waals surface area (Å²) in [5, 5.41) is 13.1. The third-order valence-electron chi connectivity index (χ3n) is 4.49. The van der Waals surface area contributed by atoms with Crippen LogP contribution in [0.25, 0.3) is 0 Å². The van der Waals surface area contributed by atoms with E-state index in [1.54, 1.807) is 0 Å². The van der Waals surface area contributed by atoms with Gasteiger partial charge < -0.3 is 5.21 Å². The second-order valence-electron chi connectivity index (χ2n) is 6.20. The van der Waals surface area contributed by atoms with Gasteiger partial charge >= 0.3 is 0 Å². The minimum Gasteiger partial charge on any atom is -0.411 e. The van der Waals surface area contributed by atoms with Gasteiger partial charge in [-0.25, -0.2) is 9.37 Å². The lowest BCUT2D eigenvalue weighted by atomic mass is 9.83. The quantitative estimate of drug-likeness (QED) is 0.214. The first kappa shape index (κ1) is 19.5. The lowest BCUT2D eigenvalue weighted by Crippen LogP contribution is -2.13. The predicted molar refractivity (Wildman–Crippen MR) is 109 cm³/mol. The number of rotatable bonds is 5. The number of hydrogen-bond acceptors (Lipinski definition) is 3. The van der Waals surface area contributed by atoms with Crippen LogP contribution in [0.4, 0.5) is 4.39 Å². The highest BCUT2D eigenvalue weighted by Crippen LogP contribution is 2.33. The molecule has 3 rings (SSSR count).